The molecule has 1 atom stereocenters. The number of hydrogen-bond donors (Lipinski definition) is 3. The summed E-state index contributed by atoms with van der Waals surface area (Å²) in [6.45, 7) is 1.83. The van der Waals surface area contributed by atoms with Crippen molar-refractivity contribution >= 4 is 5.97 Å². The molecule has 0 amide bonds. The van der Waals surface area contributed by atoms with Crippen molar-refractivity contribution in [2.45, 2.75) is 19.4 Å². The molecule has 1 aromatic rings. The zero-order chi connectivity index (χ0) is 12.3. The minimum Gasteiger partial charge on any atom is -0.504 e. The van der Waals surface area contributed by atoms with E-state index in [1.807, 2.05) is 6.92 Å². The quantitative estimate of drug-likeness (QED) is 0.700. The highest BCUT2D eigenvalue weighted by atomic mass is 16.5. The van der Waals surface area contributed by atoms with Crippen LogP contribution in [0.3, 0.4) is 0 Å². The Labute approximate surface area is 93.5 Å². The lowest BCUT2D eigenvalue weighted by atomic mass is 10.0. The van der Waals surface area contributed by atoms with E-state index in [-0.39, 0.29) is 12.2 Å². The third-order valence-electron chi connectivity index (χ3n) is 2.28. The fourth-order valence-electron chi connectivity index (χ4n) is 1.45. The number of phenols is 1. The van der Waals surface area contributed by atoms with Gasteiger partial charge in [-0.15, -0.1) is 0 Å². The minimum absolute atomic E-state index is 0.0511. The largest absolute Gasteiger partial charge is 0.504 e. The zero-order valence-electron chi connectivity index (χ0n) is 9.23. The van der Waals surface area contributed by atoms with Crippen LogP contribution >= 0.6 is 0 Å². The van der Waals surface area contributed by atoms with Crippen LogP contribution in [0.1, 0.15) is 11.1 Å². The van der Waals surface area contributed by atoms with Crippen LogP contribution in [0.5, 0.6) is 11.5 Å². The Kier molecular flexibility index (Phi) is 3.73. The highest BCUT2D eigenvalue weighted by molar-refractivity contribution is 5.73. The molecular formula is C11H15NO4. The molecule has 88 valence electrons. The van der Waals surface area contributed by atoms with Gasteiger partial charge in [0.2, 0.25) is 0 Å². The second-order valence-corrected chi connectivity index (χ2v) is 3.62. The first-order valence-electron chi connectivity index (χ1n) is 4.80. The smallest absolute Gasteiger partial charge is 0.320 e. The Bertz CT molecular complexity index is 403. The summed E-state index contributed by atoms with van der Waals surface area (Å²) < 4.78 is 4.97. The molecule has 0 aliphatic carbocycles. The van der Waals surface area contributed by atoms with Crippen molar-refractivity contribution in [3.63, 3.8) is 0 Å². The highest BCUT2D eigenvalue weighted by Crippen LogP contribution is 2.31. The number of rotatable bonds is 4. The van der Waals surface area contributed by atoms with Crippen molar-refractivity contribution in [3.05, 3.63) is 23.3 Å². The van der Waals surface area contributed by atoms with E-state index >= 15 is 0 Å². The normalized spacial score (nSPS) is 12.2. The number of benzene rings is 1. The maximum atomic E-state index is 10.6. The number of nitrogens with two attached hydrogens (primary N) is 1. The van der Waals surface area contributed by atoms with Crippen LogP contribution in [0.2, 0.25) is 0 Å². The van der Waals surface area contributed by atoms with Crippen LogP contribution in [-0.2, 0) is 11.2 Å². The Balaban J connectivity index is 3.04. The molecule has 0 aliphatic heterocycles. The average Bonchev–Trinajstić information content (AvgIpc) is 2.22. The summed E-state index contributed by atoms with van der Waals surface area (Å²) >= 11 is 0. The number of carbonyl (C=O) groups is 1. The molecule has 5 nitrogen and oxygen atoms in total. The van der Waals surface area contributed by atoms with Crippen LogP contribution in [-0.4, -0.2) is 29.3 Å². The van der Waals surface area contributed by atoms with E-state index in [0.717, 1.165) is 5.56 Å². The van der Waals surface area contributed by atoms with Gasteiger partial charge in [0.15, 0.2) is 11.5 Å². The van der Waals surface area contributed by atoms with E-state index < -0.39 is 12.0 Å². The van der Waals surface area contributed by atoms with Crippen molar-refractivity contribution in [2.24, 2.45) is 5.73 Å². The summed E-state index contributed by atoms with van der Waals surface area (Å²) in [5, 5.41) is 18.5. The maximum absolute atomic E-state index is 10.6. The zero-order valence-corrected chi connectivity index (χ0v) is 9.23. The molecule has 5 heteroatoms. The Hall–Kier alpha value is -1.75. The fourth-order valence-corrected chi connectivity index (χ4v) is 1.45. The van der Waals surface area contributed by atoms with Crippen LogP contribution in [0.15, 0.2) is 12.1 Å². The van der Waals surface area contributed by atoms with Gasteiger partial charge in [-0.25, -0.2) is 0 Å². The molecule has 0 fully saturated rings. The van der Waals surface area contributed by atoms with E-state index in [1.54, 1.807) is 12.1 Å². The van der Waals surface area contributed by atoms with E-state index in [2.05, 4.69) is 0 Å². The van der Waals surface area contributed by atoms with Gasteiger partial charge in [-0.3, -0.25) is 4.79 Å². The molecule has 0 aliphatic rings. The van der Waals surface area contributed by atoms with Gasteiger partial charge in [0.25, 0.3) is 0 Å². The summed E-state index contributed by atoms with van der Waals surface area (Å²) in [6, 6.07) is 2.34. The van der Waals surface area contributed by atoms with Crippen molar-refractivity contribution in [2.75, 3.05) is 7.11 Å². The van der Waals surface area contributed by atoms with Crippen LogP contribution in [0.4, 0.5) is 0 Å². The Morgan fingerprint density at radius 2 is 2.19 bits per heavy atom. The molecule has 1 aromatic carbocycles. The molecule has 0 heterocycles. The number of phenolic OH excluding ortho intramolecular Hbond substituents is 1. The summed E-state index contributed by atoms with van der Waals surface area (Å²) in [7, 11) is 1.44. The second-order valence-electron chi connectivity index (χ2n) is 3.62. The number of aromatic hydroxyl groups is 1. The van der Waals surface area contributed by atoms with Gasteiger partial charge in [0.1, 0.15) is 6.04 Å². The Morgan fingerprint density at radius 1 is 1.56 bits per heavy atom. The monoisotopic (exact) mass is 225 g/mol. The summed E-state index contributed by atoms with van der Waals surface area (Å²) in [5.74, 6) is -0.822. The molecule has 0 bridgehead atoms. The summed E-state index contributed by atoms with van der Waals surface area (Å²) in [4.78, 5) is 10.6. The third-order valence-corrected chi connectivity index (χ3v) is 2.28. The first kappa shape index (κ1) is 12.3. The SMILES string of the molecule is COc1cc(C)cc(CC(N)C(=O)O)c1O. The van der Waals surface area contributed by atoms with Crippen molar-refractivity contribution < 1.29 is 19.7 Å². The molecular weight excluding hydrogens is 210 g/mol. The van der Waals surface area contributed by atoms with Crippen molar-refractivity contribution in [1.82, 2.24) is 0 Å². The topological polar surface area (TPSA) is 92.8 Å². The van der Waals surface area contributed by atoms with Gasteiger partial charge in [0.05, 0.1) is 7.11 Å². The lowest BCUT2D eigenvalue weighted by Crippen LogP contribution is -2.32. The Morgan fingerprint density at radius 3 is 2.69 bits per heavy atom. The minimum atomic E-state index is -1.10. The van der Waals surface area contributed by atoms with Crippen LogP contribution in [0, 0.1) is 6.92 Å². The van der Waals surface area contributed by atoms with Crippen molar-refractivity contribution in [1.29, 1.82) is 0 Å². The number of carboxylic acids is 1. The number of carboxylic acid groups (broad SMARTS) is 1. The number of aryl methyl sites for hydroxylation is 1. The van der Waals surface area contributed by atoms with Gasteiger partial charge in [-0.2, -0.15) is 0 Å². The maximum Gasteiger partial charge on any atom is 0.320 e. The van der Waals surface area contributed by atoms with Gasteiger partial charge in [-0.05, 0) is 18.6 Å². The highest BCUT2D eigenvalue weighted by Gasteiger charge is 2.17. The van der Waals surface area contributed by atoms with Crippen LogP contribution < -0.4 is 10.5 Å². The first-order valence-corrected chi connectivity index (χ1v) is 4.80. The molecule has 0 radical (unpaired) electrons. The molecule has 16 heavy (non-hydrogen) atoms. The first-order chi connectivity index (χ1) is 7.45. The third kappa shape index (κ3) is 2.64. The molecule has 0 saturated carbocycles. The number of methoxy groups -OCH3 is 1. The predicted molar refractivity (Wildman–Crippen MR) is 58.7 cm³/mol. The second kappa shape index (κ2) is 4.85. The van der Waals surface area contributed by atoms with Gasteiger partial charge in [0, 0.05) is 12.0 Å². The molecule has 0 saturated heterocycles. The van der Waals surface area contributed by atoms with Gasteiger partial charge in [-0.1, -0.05) is 6.07 Å². The van der Waals surface area contributed by atoms with Gasteiger partial charge < -0.3 is 20.7 Å². The van der Waals surface area contributed by atoms with Gasteiger partial charge >= 0.3 is 5.97 Å². The van der Waals surface area contributed by atoms with E-state index in [1.165, 1.54) is 7.11 Å². The van der Waals surface area contributed by atoms with Crippen molar-refractivity contribution in [3.8, 4) is 11.5 Å². The van der Waals surface area contributed by atoms with E-state index in [4.69, 9.17) is 15.6 Å². The standard InChI is InChI=1S/C11H15NO4/c1-6-3-7(5-8(12)11(14)15)10(13)9(4-6)16-2/h3-4,8,13H,5,12H2,1-2H3,(H,14,15). The molecule has 0 spiro atoms. The predicted octanol–water partition coefficient (Wildman–Crippen LogP) is 0.664. The summed E-state index contributed by atoms with van der Waals surface area (Å²) in [5.41, 5.74) is 6.76. The molecule has 0 aromatic heterocycles. The number of aliphatic carboxylic acids is 1. The number of ether oxygens (including phenoxy) is 1. The lowest BCUT2D eigenvalue weighted by Gasteiger charge is -2.12. The molecule has 4 N–H and O–H groups in total. The summed E-state index contributed by atoms with van der Waals surface area (Å²) in [6.07, 6.45) is 0.0687. The van der Waals surface area contributed by atoms with Crippen LogP contribution in [0.25, 0.3) is 0 Å². The van der Waals surface area contributed by atoms with E-state index in [9.17, 15) is 9.90 Å². The molecule has 1 rings (SSSR count). The fraction of sp³-hybridized carbons (Fsp3) is 0.364. The average molecular weight is 225 g/mol. The van der Waals surface area contributed by atoms with E-state index in [0.29, 0.717) is 11.3 Å². The number of hydrogen-bond acceptors (Lipinski definition) is 4. The lowest BCUT2D eigenvalue weighted by molar-refractivity contribution is -0.138. The molecule has 1 unspecified atom stereocenters.